The van der Waals surface area contributed by atoms with Crippen molar-refractivity contribution < 1.29 is 19.1 Å². The van der Waals surface area contributed by atoms with Gasteiger partial charge >= 0.3 is 12.1 Å². The van der Waals surface area contributed by atoms with Crippen LogP contribution in [0.2, 0.25) is 0 Å². The number of urea groups is 2. The minimum absolute atomic E-state index is 0.0290. The minimum atomic E-state index is -0.498. The number of rotatable bonds is 4. The van der Waals surface area contributed by atoms with Crippen molar-refractivity contribution in [2.45, 2.75) is 38.1 Å². The number of amides is 4. The highest BCUT2D eigenvalue weighted by Crippen LogP contribution is 2.34. The van der Waals surface area contributed by atoms with Crippen LogP contribution in [-0.2, 0) is 6.42 Å². The Morgan fingerprint density at radius 2 is 1.91 bits per heavy atom. The SMILES string of the molecule is O=C(/N=C1\C2CCCCC2NC(=O)N1CCc1ccccc1)Nc1ccc2c(c1)OCO2. The second-order valence-electron chi connectivity index (χ2n) is 8.30. The lowest BCUT2D eigenvalue weighted by Crippen LogP contribution is -2.61. The molecule has 2 fully saturated rings. The third-order valence-corrected chi connectivity index (χ3v) is 6.24. The number of carbonyl (C=O) groups is 2. The van der Waals surface area contributed by atoms with Crippen LogP contribution < -0.4 is 20.1 Å². The quantitative estimate of drug-likeness (QED) is 0.755. The lowest BCUT2D eigenvalue weighted by molar-refractivity contribution is 0.174. The predicted octanol–water partition coefficient (Wildman–Crippen LogP) is 4.17. The molecule has 8 heteroatoms. The number of ether oxygens (including phenoxy) is 2. The largest absolute Gasteiger partial charge is 0.454 e. The first-order valence-electron chi connectivity index (χ1n) is 11.1. The van der Waals surface area contributed by atoms with Crippen LogP contribution in [-0.4, -0.2) is 42.2 Å². The van der Waals surface area contributed by atoms with E-state index >= 15 is 0 Å². The van der Waals surface area contributed by atoms with Crippen LogP contribution in [0.5, 0.6) is 11.5 Å². The molecule has 2 aliphatic heterocycles. The molecule has 2 atom stereocenters. The minimum Gasteiger partial charge on any atom is -0.454 e. The number of hydrogen-bond acceptors (Lipinski definition) is 4. The number of amidine groups is 1. The summed E-state index contributed by atoms with van der Waals surface area (Å²) in [5.41, 5.74) is 1.70. The topological polar surface area (TPSA) is 92.3 Å². The smallest absolute Gasteiger partial charge is 0.347 e. The Morgan fingerprint density at radius 3 is 2.78 bits per heavy atom. The van der Waals surface area contributed by atoms with E-state index in [2.05, 4.69) is 15.6 Å². The van der Waals surface area contributed by atoms with Gasteiger partial charge in [0, 0.05) is 30.3 Å². The lowest BCUT2D eigenvalue weighted by Gasteiger charge is -2.42. The van der Waals surface area contributed by atoms with Crippen LogP contribution >= 0.6 is 0 Å². The highest BCUT2D eigenvalue weighted by molar-refractivity contribution is 6.08. The molecule has 0 bridgehead atoms. The molecule has 4 amide bonds. The zero-order valence-corrected chi connectivity index (χ0v) is 17.8. The maximum Gasteiger partial charge on any atom is 0.347 e. The summed E-state index contributed by atoms with van der Waals surface area (Å²) >= 11 is 0. The molecule has 1 saturated heterocycles. The number of anilines is 1. The van der Waals surface area contributed by atoms with E-state index in [0.29, 0.717) is 36.0 Å². The van der Waals surface area contributed by atoms with Crippen LogP contribution in [0, 0.1) is 5.92 Å². The molecule has 5 rings (SSSR count). The van der Waals surface area contributed by atoms with Crippen molar-refractivity contribution in [3.8, 4) is 11.5 Å². The fraction of sp³-hybridized carbons (Fsp3) is 0.375. The molecule has 166 valence electrons. The van der Waals surface area contributed by atoms with Crippen molar-refractivity contribution >= 4 is 23.6 Å². The van der Waals surface area contributed by atoms with Crippen LogP contribution in [0.1, 0.15) is 31.2 Å². The van der Waals surface area contributed by atoms with Gasteiger partial charge in [0.2, 0.25) is 6.79 Å². The van der Waals surface area contributed by atoms with Crippen LogP contribution in [0.15, 0.2) is 53.5 Å². The molecule has 2 unspecified atom stereocenters. The third kappa shape index (κ3) is 4.26. The fourth-order valence-corrected chi connectivity index (χ4v) is 4.63. The molecule has 2 aromatic rings. The van der Waals surface area contributed by atoms with Gasteiger partial charge in [-0.25, -0.2) is 9.59 Å². The highest BCUT2D eigenvalue weighted by atomic mass is 16.7. The van der Waals surface area contributed by atoms with E-state index in [9.17, 15) is 9.59 Å². The molecule has 1 aliphatic carbocycles. The normalized spacial score (nSPS) is 22.9. The van der Waals surface area contributed by atoms with Gasteiger partial charge in [-0.1, -0.05) is 43.2 Å². The number of carbonyl (C=O) groups excluding carboxylic acids is 2. The summed E-state index contributed by atoms with van der Waals surface area (Å²) < 4.78 is 10.7. The zero-order valence-electron chi connectivity index (χ0n) is 17.8. The fourth-order valence-electron chi connectivity index (χ4n) is 4.63. The summed E-state index contributed by atoms with van der Waals surface area (Å²) in [6, 6.07) is 14.6. The van der Waals surface area contributed by atoms with Crippen LogP contribution in [0.3, 0.4) is 0 Å². The molecular weight excluding hydrogens is 408 g/mol. The Bertz CT molecular complexity index is 1040. The molecular formula is C24H26N4O4. The van der Waals surface area contributed by atoms with Gasteiger partial charge in [0.1, 0.15) is 5.84 Å². The molecule has 32 heavy (non-hydrogen) atoms. The summed E-state index contributed by atoms with van der Waals surface area (Å²) in [6.07, 6.45) is 4.64. The zero-order chi connectivity index (χ0) is 21.9. The first-order valence-corrected chi connectivity index (χ1v) is 11.1. The monoisotopic (exact) mass is 434 g/mol. The van der Waals surface area contributed by atoms with E-state index in [0.717, 1.165) is 31.2 Å². The van der Waals surface area contributed by atoms with Crippen molar-refractivity contribution in [3.05, 3.63) is 54.1 Å². The maximum atomic E-state index is 12.9. The number of nitrogens with one attached hydrogen (secondary N) is 2. The highest BCUT2D eigenvalue weighted by Gasteiger charge is 2.40. The van der Waals surface area contributed by atoms with Crippen molar-refractivity contribution in [3.63, 3.8) is 0 Å². The predicted molar refractivity (Wildman–Crippen MR) is 120 cm³/mol. The summed E-state index contributed by atoms with van der Waals surface area (Å²) in [5.74, 6) is 1.84. The van der Waals surface area contributed by atoms with E-state index in [-0.39, 0.29) is 24.8 Å². The summed E-state index contributed by atoms with van der Waals surface area (Å²) in [7, 11) is 0. The van der Waals surface area contributed by atoms with Gasteiger partial charge in [-0.2, -0.15) is 4.99 Å². The van der Waals surface area contributed by atoms with E-state index in [4.69, 9.17) is 9.47 Å². The standard InChI is InChI=1S/C24H26N4O4/c29-23(25-17-10-11-20-21(14-17)32-15-31-20)27-22-18-8-4-5-9-19(18)26-24(30)28(22)13-12-16-6-2-1-3-7-16/h1-3,6-7,10-11,14,18-19H,4-5,8-9,12-13,15H2,(H,25,29)(H,26,30)/b27-22+. The number of hydrogen-bond donors (Lipinski definition) is 2. The lowest BCUT2D eigenvalue weighted by atomic mass is 9.82. The van der Waals surface area contributed by atoms with Crippen LogP contribution in [0.25, 0.3) is 0 Å². The first-order chi connectivity index (χ1) is 15.7. The molecule has 3 aliphatic rings. The average molecular weight is 434 g/mol. The Hall–Kier alpha value is -3.55. The number of nitrogens with zero attached hydrogens (tertiary/aromatic N) is 2. The molecule has 2 N–H and O–H groups in total. The maximum absolute atomic E-state index is 12.9. The summed E-state index contributed by atoms with van der Waals surface area (Å²) in [4.78, 5) is 31.8. The van der Waals surface area contributed by atoms with E-state index in [1.54, 1.807) is 23.1 Å². The number of fused-ring (bicyclic) bond motifs is 2. The first kappa shape index (κ1) is 20.4. The Balaban J connectivity index is 1.37. The van der Waals surface area contributed by atoms with Crippen LogP contribution in [0.4, 0.5) is 15.3 Å². The van der Waals surface area contributed by atoms with E-state index in [1.807, 2.05) is 30.3 Å². The second-order valence-corrected chi connectivity index (χ2v) is 8.30. The van der Waals surface area contributed by atoms with Gasteiger partial charge in [-0.15, -0.1) is 0 Å². The average Bonchev–Trinajstić information content (AvgIpc) is 3.27. The molecule has 2 aromatic carbocycles. The van der Waals surface area contributed by atoms with Crippen molar-refractivity contribution in [1.82, 2.24) is 10.2 Å². The van der Waals surface area contributed by atoms with Crippen molar-refractivity contribution in [1.29, 1.82) is 0 Å². The Morgan fingerprint density at radius 1 is 1.09 bits per heavy atom. The molecule has 2 heterocycles. The van der Waals surface area contributed by atoms with Gasteiger partial charge in [0.05, 0.1) is 0 Å². The second kappa shape index (κ2) is 8.90. The van der Waals surface area contributed by atoms with Gasteiger partial charge < -0.3 is 20.1 Å². The van der Waals surface area contributed by atoms with Crippen molar-refractivity contribution in [2.24, 2.45) is 10.9 Å². The number of aliphatic imine (C=N–C) groups is 1. The molecule has 0 aromatic heterocycles. The third-order valence-electron chi connectivity index (χ3n) is 6.24. The number of benzene rings is 2. The molecule has 0 spiro atoms. The van der Waals surface area contributed by atoms with E-state index < -0.39 is 6.03 Å². The molecule has 8 nitrogen and oxygen atoms in total. The van der Waals surface area contributed by atoms with Crippen molar-refractivity contribution in [2.75, 3.05) is 18.7 Å². The Labute approximate surface area is 186 Å². The van der Waals surface area contributed by atoms with Gasteiger partial charge in [-0.05, 0) is 37.0 Å². The van der Waals surface area contributed by atoms with E-state index in [1.165, 1.54) is 0 Å². The molecule has 1 saturated carbocycles. The van der Waals surface area contributed by atoms with Gasteiger partial charge in [0.25, 0.3) is 0 Å². The summed E-state index contributed by atoms with van der Waals surface area (Å²) in [5, 5.41) is 5.93. The summed E-state index contributed by atoms with van der Waals surface area (Å²) in [6.45, 7) is 0.638. The Kier molecular flexibility index (Phi) is 5.66. The van der Waals surface area contributed by atoms with Gasteiger partial charge in [-0.3, -0.25) is 4.90 Å². The van der Waals surface area contributed by atoms with Gasteiger partial charge in [0.15, 0.2) is 11.5 Å². The molecule has 0 radical (unpaired) electrons.